The molecule has 0 aliphatic carbocycles. The fourth-order valence-corrected chi connectivity index (χ4v) is 2.04. The molecule has 0 fully saturated rings. The third-order valence-corrected chi connectivity index (χ3v) is 3.24. The maximum absolute atomic E-state index is 12.2. The number of rotatable bonds is 4. The van der Waals surface area contributed by atoms with E-state index < -0.39 is 0 Å². The molecule has 2 rings (SSSR count). The van der Waals surface area contributed by atoms with E-state index in [0.29, 0.717) is 5.56 Å². The van der Waals surface area contributed by atoms with Crippen LogP contribution in [0, 0.1) is 6.92 Å². The predicted molar refractivity (Wildman–Crippen MR) is 80.1 cm³/mol. The Morgan fingerprint density at radius 2 is 1.85 bits per heavy atom. The maximum atomic E-state index is 12.2. The van der Waals surface area contributed by atoms with Gasteiger partial charge in [0.05, 0.1) is 13.2 Å². The average Bonchev–Trinajstić information content (AvgIpc) is 2.47. The molecule has 1 atom stereocenters. The van der Waals surface area contributed by atoms with Crippen molar-refractivity contribution in [2.75, 3.05) is 7.11 Å². The molecule has 1 amide bonds. The topological polar surface area (TPSA) is 38.3 Å². The van der Waals surface area contributed by atoms with Gasteiger partial charge in [0.1, 0.15) is 5.75 Å². The van der Waals surface area contributed by atoms with Crippen LogP contribution in [-0.2, 0) is 0 Å². The number of carbonyl (C=O) groups excluding carboxylic acids is 1. The molecule has 0 heterocycles. The van der Waals surface area contributed by atoms with Gasteiger partial charge in [0.25, 0.3) is 5.91 Å². The molecule has 0 saturated heterocycles. The Bertz CT molecular complexity index is 590. The summed E-state index contributed by atoms with van der Waals surface area (Å²) < 4.78 is 5.13. The van der Waals surface area contributed by atoms with Gasteiger partial charge in [0.15, 0.2) is 0 Å². The summed E-state index contributed by atoms with van der Waals surface area (Å²) in [6.45, 7) is 3.94. The Morgan fingerprint density at radius 3 is 2.45 bits per heavy atom. The second kappa shape index (κ2) is 6.24. The molecular formula is C17H19NO2. The molecule has 3 nitrogen and oxygen atoms in total. The zero-order valence-corrected chi connectivity index (χ0v) is 12.0. The van der Waals surface area contributed by atoms with Crippen molar-refractivity contribution in [1.29, 1.82) is 0 Å². The highest BCUT2D eigenvalue weighted by Crippen LogP contribution is 2.17. The molecule has 0 spiro atoms. The first-order valence-electron chi connectivity index (χ1n) is 6.61. The van der Waals surface area contributed by atoms with E-state index >= 15 is 0 Å². The van der Waals surface area contributed by atoms with Crippen LogP contribution in [0.5, 0.6) is 5.75 Å². The second-order valence-corrected chi connectivity index (χ2v) is 4.84. The minimum Gasteiger partial charge on any atom is -0.497 e. The largest absolute Gasteiger partial charge is 0.497 e. The molecule has 2 aromatic rings. The Kier molecular flexibility index (Phi) is 4.41. The van der Waals surface area contributed by atoms with Gasteiger partial charge in [-0.3, -0.25) is 4.79 Å². The number of carbonyl (C=O) groups is 1. The molecule has 0 aromatic heterocycles. The standard InChI is InChI=1S/C17H19NO2/c1-12-5-4-6-15(11-12)17(19)18-13(2)14-7-9-16(20-3)10-8-14/h4-11,13H,1-3H3,(H,18,19)/t13-/m0/s1. The van der Waals surface area contributed by atoms with Gasteiger partial charge in [0, 0.05) is 5.56 Å². The van der Waals surface area contributed by atoms with Crippen LogP contribution >= 0.6 is 0 Å². The number of ether oxygens (including phenoxy) is 1. The molecule has 0 unspecified atom stereocenters. The van der Waals surface area contributed by atoms with E-state index in [1.165, 1.54) is 0 Å². The van der Waals surface area contributed by atoms with Crippen molar-refractivity contribution in [2.45, 2.75) is 19.9 Å². The van der Waals surface area contributed by atoms with Gasteiger partial charge >= 0.3 is 0 Å². The van der Waals surface area contributed by atoms with Crippen molar-refractivity contribution in [3.63, 3.8) is 0 Å². The molecule has 0 saturated carbocycles. The van der Waals surface area contributed by atoms with Crippen LogP contribution in [0.2, 0.25) is 0 Å². The molecule has 0 bridgehead atoms. The summed E-state index contributed by atoms with van der Waals surface area (Å²) in [5.41, 5.74) is 2.81. The van der Waals surface area contributed by atoms with Crippen molar-refractivity contribution in [1.82, 2.24) is 5.32 Å². The lowest BCUT2D eigenvalue weighted by molar-refractivity contribution is 0.0940. The molecule has 0 aliphatic heterocycles. The molecule has 0 radical (unpaired) electrons. The Morgan fingerprint density at radius 1 is 1.15 bits per heavy atom. The number of aryl methyl sites for hydroxylation is 1. The van der Waals surface area contributed by atoms with E-state index in [4.69, 9.17) is 4.74 Å². The first-order chi connectivity index (χ1) is 9.60. The van der Waals surface area contributed by atoms with Crippen molar-refractivity contribution < 1.29 is 9.53 Å². The highest BCUT2D eigenvalue weighted by atomic mass is 16.5. The lowest BCUT2D eigenvalue weighted by Gasteiger charge is -2.15. The third-order valence-electron chi connectivity index (χ3n) is 3.24. The molecule has 20 heavy (non-hydrogen) atoms. The van der Waals surface area contributed by atoms with Crippen LogP contribution in [0.3, 0.4) is 0 Å². The van der Waals surface area contributed by atoms with E-state index in [2.05, 4.69) is 5.32 Å². The Hall–Kier alpha value is -2.29. The molecule has 1 N–H and O–H groups in total. The van der Waals surface area contributed by atoms with Crippen LogP contribution in [0.4, 0.5) is 0 Å². The SMILES string of the molecule is COc1ccc([C@H](C)NC(=O)c2cccc(C)c2)cc1. The minimum atomic E-state index is -0.0583. The minimum absolute atomic E-state index is 0.0473. The summed E-state index contributed by atoms with van der Waals surface area (Å²) >= 11 is 0. The fraction of sp³-hybridized carbons (Fsp3) is 0.235. The zero-order valence-electron chi connectivity index (χ0n) is 12.0. The molecular weight excluding hydrogens is 250 g/mol. The lowest BCUT2D eigenvalue weighted by Crippen LogP contribution is -2.26. The average molecular weight is 269 g/mol. The summed E-state index contributed by atoms with van der Waals surface area (Å²) in [7, 11) is 1.64. The number of nitrogens with one attached hydrogen (secondary N) is 1. The number of benzene rings is 2. The van der Waals surface area contributed by atoms with Crippen molar-refractivity contribution in [2.24, 2.45) is 0 Å². The van der Waals surface area contributed by atoms with E-state index in [9.17, 15) is 4.79 Å². The highest BCUT2D eigenvalue weighted by molar-refractivity contribution is 5.94. The quantitative estimate of drug-likeness (QED) is 0.922. The molecule has 0 aliphatic rings. The number of hydrogen-bond acceptors (Lipinski definition) is 2. The van der Waals surface area contributed by atoms with E-state index in [-0.39, 0.29) is 11.9 Å². The third kappa shape index (κ3) is 3.38. The number of amides is 1. The summed E-state index contributed by atoms with van der Waals surface area (Å²) in [6, 6.07) is 15.2. The van der Waals surface area contributed by atoms with Gasteiger partial charge in [-0.1, -0.05) is 29.8 Å². The first-order valence-corrected chi connectivity index (χ1v) is 6.61. The lowest BCUT2D eigenvalue weighted by atomic mass is 10.1. The summed E-state index contributed by atoms with van der Waals surface area (Å²) in [5, 5.41) is 3.00. The number of hydrogen-bond donors (Lipinski definition) is 1. The Labute approximate surface area is 119 Å². The fourth-order valence-electron chi connectivity index (χ4n) is 2.04. The smallest absolute Gasteiger partial charge is 0.251 e. The maximum Gasteiger partial charge on any atom is 0.251 e. The van der Waals surface area contributed by atoms with Crippen molar-refractivity contribution in [3.8, 4) is 5.75 Å². The van der Waals surface area contributed by atoms with Gasteiger partial charge < -0.3 is 10.1 Å². The van der Waals surface area contributed by atoms with Gasteiger partial charge in [-0.2, -0.15) is 0 Å². The zero-order chi connectivity index (χ0) is 14.5. The van der Waals surface area contributed by atoms with E-state index in [1.807, 2.05) is 62.4 Å². The van der Waals surface area contributed by atoms with Crippen LogP contribution in [0.15, 0.2) is 48.5 Å². The van der Waals surface area contributed by atoms with Gasteiger partial charge in [-0.05, 0) is 43.7 Å². The monoisotopic (exact) mass is 269 g/mol. The van der Waals surface area contributed by atoms with Crippen LogP contribution in [0.25, 0.3) is 0 Å². The highest BCUT2D eigenvalue weighted by Gasteiger charge is 2.11. The summed E-state index contributed by atoms with van der Waals surface area (Å²) in [6.07, 6.45) is 0. The molecule has 2 aromatic carbocycles. The number of methoxy groups -OCH3 is 1. The van der Waals surface area contributed by atoms with Gasteiger partial charge in [-0.25, -0.2) is 0 Å². The van der Waals surface area contributed by atoms with Crippen LogP contribution in [-0.4, -0.2) is 13.0 Å². The summed E-state index contributed by atoms with van der Waals surface area (Å²) in [4.78, 5) is 12.2. The van der Waals surface area contributed by atoms with Crippen molar-refractivity contribution >= 4 is 5.91 Å². The normalized spacial score (nSPS) is 11.8. The van der Waals surface area contributed by atoms with E-state index in [0.717, 1.165) is 16.9 Å². The van der Waals surface area contributed by atoms with Gasteiger partial charge in [-0.15, -0.1) is 0 Å². The predicted octanol–water partition coefficient (Wildman–Crippen LogP) is 3.49. The molecule has 104 valence electrons. The Balaban J connectivity index is 2.06. The molecule has 3 heteroatoms. The van der Waals surface area contributed by atoms with Crippen LogP contribution < -0.4 is 10.1 Å². The van der Waals surface area contributed by atoms with Gasteiger partial charge in [0.2, 0.25) is 0 Å². The second-order valence-electron chi connectivity index (χ2n) is 4.84. The van der Waals surface area contributed by atoms with Crippen LogP contribution in [0.1, 0.15) is 34.5 Å². The first kappa shape index (κ1) is 14.1. The summed E-state index contributed by atoms with van der Waals surface area (Å²) in [5.74, 6) is 0.753. The van der Waals surface area contributed by atoms with E-state index in [1.54, 1.807) is 7.11 Å². The van der Waals surface area contributed by atoms with Crippen molar-refractivity contribution in [3.05, 3.63) is 65.2 Å².